The lowest BCUT2D eigenvalue weighted by Crippen LogP contribution is -2.57. The molecule has 1 aliphatic carbocycles. The second kappa shape index (κ2) is 18.5. The molecule has 1 aromatic carbocycles. The second-order valence-electron chi connectivity index (χ2n) is 16.1. The molecule has 6 rings (SSSR count). The predicted molar refractivity (Wildman–Crippen MR) is 221 cm³/mol. The van der Waals surface area contributed by atoms with Crippen LogP contribution in [0.1, 0.15) is 95.5 Å². The first kappa shape index (κ1) is 41.0. The molecule has 1 saturated carbocycles. The van der Waals surface area contributed by atoms with Crippen molar-refractivity contribution < 1.29 is 19.2 Å². The van der Waals surface area contributed by atoms with Crippen molar-refractivity contribution in [1.82, 2.24) is 35.8 Å². The number of hydrogen-bond acceptors (Lipinski definition) is 10. The van der Waals surface area contributed by atoms with Gasteiger partial charge < -0.3 is 26.2 Å². The number of carbonyl (C=O) groups is 4. The van der Waals surface area contributed by atoms with Crippen LogP contribution in [-0.4, -0.2) is 68.7 Å². The van der Waals surface area contributed by atoms with E-state index in [1.807, 2.05) is 81.1 Å². The Morgan fingerprint density at radius 2 is 1.75 bits per heavy atom. The van der Waals surface area contributed by atoms with E-state index in [2.05, 4.69) is 31.2 Å². The lowest BCUT2D eigenvalue weighted by Gasteiger charge is -2.36. The number of amides is 4. The minimum Gasteiger partial charge on any atom is -0.356 e. The van der Waals surface area contributed by atoms with Gasteiger partial charge in [-0.3, -0.25) is 19.2 Å². The first-order valence-electron chi connectivity index (χ1n) is 19.7. The number of nitrogens with one attached hydrogen (secondary N) is 4. The third-order valence-electron chi connectivity index (χ3n) is 10.8. The third-order valence-corrected chi connectivity index (χ3v) is 12.5. The van der Waals surface area contributed by atoms with Crippen molar-refractivity contribution in [3.8, 4) is 10.4 Å². The Morgan fingerprint density at radius 1 is 0.964 bits per heavy atom. The van der Waals surface area contributed by atoms with Crippen molar-refractivity contribution in [2.24, 2.45) is 10.8 Å². The van der Waals surface area contributed by atoms with E-state index in [0.717, 1.165) is 64.6 Å². The minimum atomic E-state index is -0.806. The van der Waals surface area contributed by atoms with E-state index in [9.17, 15) is 19.2 Å². The molecule has 4 heterocycles. The van der Waals surface area contributed by atoms with Crippen molar-refractivity contribution in [2.45, 2.75) is 111 Å². The summed E-state index contributed by atoms with van der Waals surface area (Å²) in [6.07, 6.45) is 8.80. The molecule has 4 amide bonds. The van der Waals surface area contributed by atoms with Gasteiger partial charge >= 0.3 is 0 Å². The van der Waals surface area contributed by atoms with Gasteiger partial charge in [-0.2, -0.15) is 0 Å². The number of hydrogen-bond donors (Lipinski definition) is 4. The number of carbonyl (C=O) groups excluding carboxylic acids is 4. The van der Waals surface area contributed by atoms with Crippen LogP contribution in [0, 0.1) is 17.8 Å². The van der Waals surface area contributed by atoms with E-state index in [1.165, 1.54) is 11.3 Å². The number of aromatic nitrogens is 3. The van der Waals surface area contributed by atoms with Crippen LogP contribution in [0.25, 0.3) is 10.4 Å². The Kier molecular flexibility index (Phi) is 13.5. The Morgan fingerprint density at radius 3 is 2.45 bits per heavy atom. The van der Waals surface area contributed by atoms with Gasteiger partial charge in [-0.05, 0) is 67.7 Å². The largest absolute Gasteiger partial charge is 0.356 e. The highest BCUT2D eigenvalue weighted by molar-refractivity contribution is 7.13. The molecule has 14 heteroatoms. The van der Waals surface area contributed by atoms with Crippen LogP contribution in [0.15, 0.2) is 59.6 Å². The molecule has 0 unspecified atom stereocenters. The van der Waals surface area contributed by atoms with Gasteiger partial charge in [-0.25, -0.2) is 15.0 Å². The van der Waals surface area contributed by atoms with Gasteiger partial charge in [0, 0.05) is 49.7 Å². The number of pyridine rings is 1. The van der Waals surface area contributed by atoms with Gasteiger partial charge in [-0.15, -0.1) is 22.7 Å². The van der Waals surface area contributed by atoms with Crippen LogP contribution < -0.4 is 21.3 Å². The summed E-state index contributed by atoms with van der Waals surface area (Å²) in [7, 11) is 0. The molecule has 1 aliphatic heterocycles. The summed E-state index contributed by atoms with van der Waals surface area (Å²) in [6.45, 7) is 8.91. The highest BCUT2D eigenvalue weighted by Crippen LogP contribution is 2.39. The summed E-state index contributed by atoms with van der Waals surface area (Å²) in [5, 5.41) is 15.1. The number of aryl methyl sites for hydroxylation is 1. The quantitative estimate of drug-likeness (QED) is 0.0943. The highest BCUT2D eigenvalue weighted by atomic mass is 32.1. The van der Waals surface area contributed by atoms with Gasteiger partial charge in [-0.1, -0.05) is 70.4 Å². The maximum atomic E-state index is 14.0. The van der Waals surface area contributed by atoms with Crippen molar-refractivity contribution >= 4 is 57.3 Å². The normalized spacial score (nSPS) is 17.2. The maximum Gasteiger partial charge on any atom is 0.246 e. The summed E-state index contributed by atoms with van der Waals surface area (Å²) < 4.78 is 0. The molecule has 2 atom stereocenters. The number of benzene rings is 1. The summed E-state index contributed by atoms with van der Waals surface area (Å²) >= 11 is 3.10. The van der Waals surface area contributed by atoms with Gasteiger partial charge in [0.1, 0.15) is 17.9 Å². The molecular weight excluding hydrogens is 745 g/mol. The predicted octanol–water partition coefficient (Wildman–Crippen LogP) is 6.94. The molecule has 0 bridgehead atoms. The van der Waals surface area contributed by atoms with Gasteiger partial charge in [0.25, 0.3) is 0 Å². The van der Waals surface area contributed by atoms with Crippen molar-refractivity contribution in [2.75, 3.05) is 18.4 Å². The second-order valence-corrected chi connectivity index (χ2v) is 17.8. The topological polar surface area (TPSA) is 158 Å². The number of thiazole rings is 2. The molecule has 0 spiro atoms. The van der Waals surface area contributed by atoms with Crippen LogP contribution in [0.3, 0.4) is 0 Å². The number of rotatable bonds is 15. The van der Waals surface area contributed by atoms with E-state index in [1.54, 1.807) is 22.4 Å². The molecule has 2 fully saturated rings. The maximum absolute atomic E-state index is 14.0. The smallest absolute Gasteiger partial charge is 0.246 e. The molecule has 12 nitrogen and oxygen atoms in total. The fourth-order valence-electron chi connectivity index (χ4n) is 7.75. The summed E-state index contributed by atoms with van der Waals surface area (Å²) in [6, 6.07) is 12.5. The van der Waals surface area contributed by atoms with Crippen LogP contribution in [0.5, 0.6) is 0 Å². The Balaban J connectivity index is 0.989. The number of likely N-dealkylation sites (tertiary alicyclic amines) is 1. The van der Waals surface area contributed by atoms with E-state index in [0.29, 0.717) is 51.1 Å². The molecule has 2 aliphatic rings. The molecule has 4 N–H and O–H groups in total. The van der Waals surface area contributed by atoms with Crippen LogP contribution in [-0.2, 0) is 32.1 Å². The van der Waals surface area contributed by atoms with Crippen molar-refractivity contribution in [3.05, 3.63) is 76.5 Å². The summed E-state index contributed by atoms with van der Waals surface area (Å²) in [4.78, 5) is 70.7. The third kappa shape index (κ3) is 10.4. The number of nitrogens with zero attached hydrogens (tertiary/aromatic N) is 4. The van der Waals surface area contributed by atoms with E-state index in [4.69, 9.17) is 4.98 Å². The fourth-order valence-corrected chi connectivity index (χ4v) is 9.10. The zero-order chi connectivity index (χ0) is 39.7. The zero-order valence-electron chi connectivity index (χ0n) is 32.9. The standard InChI is InChI=1S/C42H54N8O4S2/c1-28-35(56-27-46-28)30-17-15-29(16-18-30)26-45-37(52)32-12-10-23-50(32)38(53)36(41(2,3)4)49-34(51)14-9-21-43-39(54)42(19-6-5-7-20-42)25-31-11-8-13-33(47-31)48-40-44-22-24-55-40/h8,11,13,15-18,22,24,27,32,36H,5-7,9-10,12,14,19-21,23,25-26H2,1-4H3,(H,43,54)(H,45,52)(H,49,51)(H,44,47,48)/t32-,36+/m0/s1. The van der Waals surface area contributed by atoms with Gasteiger partial charge in [0.05, 0.1) is 21.5 Å². The van der Waals surface area contributed by atoms with Gasteiger partial charge in [0.15, 0.2) is 5.13 Å². The van der Waals surface area contributed by atoms with E-state index < -0.39 is 22.9 Å². The minimum absolute atomic E-state index is 0.00168. The Bertz CT molecular complexity index is 1950. The van der Waals surface area contributed by atoms with E-state index >= 15 is 0 Å². The Hall–Kier alpha value is -4.69. The Labute approximate surface area is 337 Å². The molecule has 4 aromatic rings. The SMILES string of the molecule is Cc1ncsc1-c1ccc(CNC(=O)[C@@H]2CCCN2C(=O)[C@@H](NC(=O)CCCNC(=O)C2(Cc3cccc(Nc4nccs4)n3)CCCCC2)C(C)(C)C)cc1. The monoisotopic (exact) mass is 798 g/mol. The summed E-state index contributed by atoms with van der Waals surface area (Å²) in [5.74, 6) is -0.00217. The van der Waals surface area contributed by atoms with E-state index in [-0.39, 0.29) is 30.0 Å². The molecule has 1 saturated heterocycles. The van der Waals surface area contributed by atoms with Gasteiger partial charge in [0.2, 0.25) is 23.6 Å². The first-order chi connectivity index (χ1) is 26.9. The van der Waals surface area contributed by atoms with Crippen molar-refractivity contribution in [1.29, 1.82) is 0 Å². The molecule has 0 radical (unpaired) electrons. The molecule has 56 heavy (non-hydrogen) atoms. The molecule has 3 aromatic heterocycles. The fraction of sp³-hybridized carbons (Fsp3) is 0.500. The summed E-state index contributed by atoms with van der Waals surface area (Å²) in [5.41, 5.74) is 4.60. The van der Waals surface area contributed by atoms with Crippen LogP contribution >= 0.6 is 22.7 Å². The number of anilines is 2. The average Bonchev–Trinajstić information content (AvgIpc) is 3.98. The lowest BCUT2D eigenvalue weighted by molar-refractivity contribution is -0.144. The van der Waals surface area contributed by atoms with Crippen LogP contribution in [0.2, 0.25) is 0 Å². The molecule has 298 valence electrons. The zero-order valence-corrected chi connectivity index (χ0v) is 34.5. The average molecular weight is 799 g/mol. The highest BCUT2D eigenvalue weighted by Gasteiger charge is 2.42. The van der Waals surface area contributed by atoms with Crippen LogP contribution in [0.4, 0.5) is 10.9 Å². The first-order valence-corrected chi connectivity index (χ1v) is 21.5. The lowest BCUT2D eigenvalue weighted by atomic mass is 9.70. The molecular formula is C42H54N8O4S2. The van der Waals surface area contributed by atoms with Crippen molar-refractivity contribution in [3.63, 3.8) is 0 Å².